The van der Waals surface area contributed by atoms with Crippen molar-refractivity contribution in [3.05, 3.63) is 58.7 Å². The maximum atomic E-state index is 10.9. The lowest BCUT2D eigenvalue weighted by atomic mass is 9.73. The molecule has 2 heterocycles. The first-order chi connectivity index (χ1) is 12.3. The molecule has 2 N–H and O–H groups in total. The molecule has 0 aromatic carbocycles. The molecule has 2 aromatic rings. The molecule has 4 atom stereocenters. The van der Waals surface area contributed by atoms with Crippen LogP contribution in [-0.4, -0.2) is 20.2 Å². The number of aliphatic hydroxyl groups excluding tert-OH is 2. The molecule has 0 fully saturated rings. The first-order valence-electron chi connectivity index (χ1n) is 9.60. The van der Waals surface area contributed by atoms with Crippen molar-refractivity contribution in [2.45, 2.75) is 58.2 Å². The topological polar surface area (TPSA) is 66.2 Å². The number of nitrogens with zero attached hydrogens (tertiary/aromatic N) is 2. The average Bonchev–Trinajstić information content (AvgIpc) is 3.13. The van der Waals surface area contributed by atoms with Gasteiger partial charge in [0.25, 0.3) is 0 Å². The first kappa shape index (κ1) is 17.6. The van der Waals surface area contributed by atoms with Gasteiger partial charge in [0, 0.05) is 35.0 Å². The van der Waals surface area contributed by atoms with Crippen LogP contribution in [0.4, 0.5) is 0 Å². The summed E-state index contributed by atoms with van der Waals surface area (Å²) in [6.07, 6.45) is 4.33. The number of pyridine rings is 2. The Labute approximate surface area is 155 Å². The third-order valence-electron chi connectivity index (χ3n) is 6.67. The van der Waals surface area contributed by atoms with E-state index in [1.54, 1.807) is 6.20 Å². The van der Waals surface area contributed by atoms with Gasteiger partial charge >= 0.3 is 0 Å². The van der Waals surface area contributed by atoms with Crippen LogP contribution in [0.2, 0.25) is 0 Å². The van der Waals surface area contributed by atoms with Crippen molar-refractivity contribution >= 4 is 0 Å². The third kappa shape index (κ3) is 2.58. The first-order valence-corrected chi connectivity index (χ1v) is 9.60. The smallest absolute Gasteiger partial charge is 0.100 e. The lowest BCUT2D eigenvalue weighted by Gasteiger charge is -2.33. The fourth-order valence-electron chi connectivity index (χ4n) is 4.77. The van der Waals surface area contributed by atoms with Crippen LogP contribution in [0.3, 0.4) is 0 Å². The van der Waals surface area contributed by atoms with Crippen molar-refractivity contribution in [1.82, 2.24) is 9.97 Å². The van der Waals surface area contributed by atoms with Gasteiger partial charge in [0.15, 0.2) is 0 Å². The molecule has 2 aliphatic rings. The van der Waals surface area contributed by atoms with E-state index < -0.39 is 12.2 Å². The monoisotopic (exact) mass is 352 g/mol. The number of rotatable bonds is 3. The van der Waals surface area contributed by atoms with Crippen molar-refractivity contribution < 1.29 is 10.2 Å². The minimum absolute atomic E-state index is 0.0465. The summed E-state index contributed by atoms with van der Waals surface area (Å²) >= 11 is 0. The summed E-state index contributed by atoms with van der Waals surface area (Å²) in [4.78, 5) is 9.11. The lowest BCUT2D eigenvalue weighted by molar-refractivity contribution is 0.0770. The van der Waals surface area contributed by atoms with Gasteiger partial charge in [-0.05, 0) is 47.9 Å². The van der Waals surface area contributed by atoms with Crippen molar-refractivity contribution in [2.75, 3.05) is 0 Å². The Morgan fingerprint density at radius 1 is 1.08 bits per heavy atom. The number of aliphatic hydroxyl groups is 2. The minimum Gasteiger partial charge on any atom is -0.388 e. The van der Waals surface area contributed by atoms with Crippen LogP contribution in [0.1, 0.15) is 68.0 Å². The molecule has 4 heteroatoms. The largest absolute Gasteiger partial charge is 0.388 e. The molecular weight excluding hydrogens is 324 g/mol. The zero-order valence-electron chi connectivity index (χ0n) is 16.0. The van der Waals surface area contributed by atoms with E-state index >= 15 is 0 Å². The molecule has 2 aliphatic carbocycles. The summed E-state index contributed by atoms with van der Waals surface area (Å²) in [6.45, 7) is 8.65. The van der Waals surface area contributed by atoms with E-state index in [2.05, 4.69) is 44.8 Å². The maximum Gasteiger partial charge on any atom is 0.100 e. The van der Waals surface area contributed by atoms with Gasteiger partial charge in [-0.1, -0.05) is 33.8 Å². The molecule has 4 nitrogen and oxygen atoms in total. The second-order valence-corrected chi connectivity index (χ2v) is 8.85. The Kier molecular flexibility index (Phi) is 4.16. The molecule has 0 saturated heterocycles. The number of hydrogen-bond donors (Lipinski definition) is 2. The zero-order chi connectivity index (χ0) is 18.6. The van der Waals surface area contributed by atoms with Crippen LogP contribution in [0.5, 0.6) is 0 Å². The van der Waals surface area contributed by atoms with Crippen molar-refractivity contribution in [3.8, 4) is 0 Å². The molecule has 2 aromatic heterocycles. The van der Waals surface area contributed by atoms with Gasteiger partial charge in [0.05, 0.1) is 11.8 Å². The molecule has 4 rings (SSSR count). The van der Waals surface area contributed by atoms with Crippen molar-refractivity contribution in [2.24, 2.45) is 17.8 Å². The second-order valence-electron chi connectivity index (χ2n) is 8.85. The van der Waals surface area contributed by atoms with Gasteiger partial charge in [-0.2, -0.15) is 0 Å². The van der Waals surface area contributed by atoms with E-state index in [1.165, 1.54) is 5.56 Å². The summed E-state index contributed by atoms with van der Waals surface area (Å²) < 4.78 is 0. The van der Waals surface area contributed by atoms with Gasteiger partial charge in [-0.3, -0.25) is 9.97 Å². The summed E-state index contributed by atoms with van der Waals surface area (Å²) in [7, 11) is 0. The highest BCUT2D eigenvalue weighted by Crippen LogP contribution is 2.47. The SMILES string of the molecule is CC(C)C1Cc2cc(C(C)(C)C3Cc4cccnc4C3O)ncc2C1O. The molecule has 0 amide bonds. The maximum absolute atomic E-state index is 10.9. The van der Waals surface area contributed by atoms with Crippen LogP contribution >= 0.6 is 0 Å². The summed E-state index contributed by atoms with van der Waals surface area (Å²) in [6, 6.07) is 6.15. The Morgan fingerprint density at radius 3 is 2.54 bits per heavy atom. The second kappa shape index (κ2) is 6.14. The number of hydrogen-bond acceptors (Lipinski definition) is 4. The van der Waals surface area contributed by atoms with E-state index in [-0.39, 0.29) is 17.3 Å². The highest BCUT2D eigenvalue weighted by molar-refractivity contribution is 5.38. The fourth-order valence-corrected chi connectivity index (χ4v) is 4.77. The van der Waals surface area contributed by atoms with E-state index in [0.717, 1.165) is 35.4 Å². The molecule has 0 radical (unpaired) electrons. The van der Waals surface area contributed by atoms with Gasteiger partial charge in [-0.15, -0.1) is 0 Å². The standard InChI is InChI=1S/C22H28N2O2/c1-12(2)15-8-14-10-18(24-11-16(14)20(15)25)22(3,4)17-9-13-6-5-7-23-19(13)21(17)26/h5-7,10-12,15,17,20-21,25-26H,8-9H2,1-4H3. The van der Waals surface area contributed by atoms with Crippen molar-refractivity contribution in [3.63, 3.8) is 0 Å². The molecule has 0 bridgehead atoms. The summed E-state index contributed by atoms with van der Waals surface area (Å²) in [5, 5.41) is 21.4. The molecule has 4 unspecified atom stereocenters. The Morgan fingerprint density at radius 2 is 1.85 bits per heavy atom. The van der Waals surface area contributed by atoms with E-state index in [0.29, 0.717) is 5.92 Å². The molecule has 26 heavy (non-hydrogen) atoms. The van der Waals surface area contributed by atoms with Gasteiger partial charge in [-0.25, -0.2) is 0 Å². The highest BCUT2D eigenvalue weighted by Gasteiger charge is 2.44. The molecular formula is C22H28N2O2. The van der Waals surface area contributed by atoms with Crippen molar-refractivity contribution in [1.29, 1.82) is 0 Å². The van der Waals surface area contributed by atoms with Crippen LogP contribution in [0.15, 0.2) is 30.6 Å². The lowest BCUT2D eigenvalue weighted by Crippen LogP contribution is -2.33. The number of fused-ring (bicyclic) bond motifs is 2. The van der Waals surface area contributed by atoms with Gasteiger partial charge in [0.1, 0.15) is 6.10 Å². The van der Waals surface area contributed by atoms with Crippen LogP contribution in [0.25, 0.3) is 0 Å². The quantitative estimate of drug-likeness (QED) is 0.887. The Balaban J connectivity index is 1.66. The van der Waals surface area contributed by atoms with Crippen LogP contribution in [-0.2, 0) is 18.3 Å². The molecule has 0 spiro atoms. The average molecular weight is 352 g/mol. The van der Waals surface area contributed by atoms with E-state index in [4.69, 9.17) is 4.98 Å². The number of aromatic nitrogens is 2. The normalized spacial score (nSPS) is 27.7. The molecule has 0 aliphatic heterocycles. The zero-order valence-corrected chi connectivity index (χ0v) is 16.0. The van der Waals surface area contributed by atoms with E-state index in [1.807, 2.05) is 12.3 Å². The predicted molar refractivity (Wildman–Crippen MR) is 101 cm³/mol. The Bertz CT molecular complexity index is 831. The minimum atomic E-state index is -0.565. The van der Waals surface area contributed by atoms with Gasteiger partial charge in [0.2, 0.25) is 0 Å². The van der Waals surface area contributed by atoms with Crippen LogP contribution < -0.4 is 0 Å². The third-order valence-corrected chi connectivity index (χ3v) is 6.67. The molecule has 138 valence electrons. The van der Waals surface area contributed by atoms with E-state index in [9.17, 15) is 10.2 Å². The van der Waals surface area contributed by atoms with Gasteiger partial charge < -0.3 is 10.2 Å². The fraction of sp³-hybridized carbons (Fsp3) is 0.545. The molecule has 0 saturated carbocycles. The summed E-state index contributed by atoms with van der Waals surface area (Å²) in [5.74, 6) is 0.743. The highest BCUT2D eigenvalue weighted by atomic mass is 16.3. The Hall–Kier alpha value is -1.78. The predicted octanol–water partition coefficient (Wildman–Crippen LogP) is 3.52. The summed E-state index contributed by atoms with van der Waals surface area (Å²) in [5.41, 5.74) is 4.83. The van der Waals surface area contributed by atoms with Crippen LogP contribution in [0, 0.1) is 17.8 Å².